The summed E-state index contributed by atoms with van der Waals surface area (Å²) in [5.74, 6) is 4.66. The van der Waals surface area contributed by atoms with E-state index in [9.17, 15) is 14.7 Å². The largest absolute Gasteiger partial charge is 0.466 e. The van der Waals surface area contributed by atoms with Crippen molar-refractivity contribution in [3.8, 4) is 11.8 Å². The maximum absolute atomic E-state index is 12.6. The fourth-order valence-electron chi connectivity index (χ4n) is 3.31. The molecule has 156 valence electrons. The van der Waals surface area contributed by atoms with E-state index in [4.69, 9.17) is 9.47 Å². The minimum Gasteiger partial charge on any atom is -0.466 e. The van der Waals surface area contributed by atoms with E-state index in [1.54, 1.807) is 48.5 Å². The molecule has 0 amide bonds. The summed E-state index contributed by atoms with van der Waals surface area (Å²) in [7, 11) is 1.25. The Balaban J connectivity index is 1.71. The first kappa shape index (κ1) is 22.1. The van der Waals surface area contributed by atoms with E-state index in [0.29, 0.717) is 29.5 Å². The lowest BCUT2D eigenvalue weighted by Crippen LogP contribution is -2.29. The number of esters is 2. The molecule has 1 aliphatic carbocycles. The van der Waals surface area contributed by atoms with Crippen LogP contribution in [-0.4, -0.2) is 29.8 Å². The number of rotatable bonds is 4. The molecule has 0 heterocycles. The third kappa shape index (κ3) is 5.71. The minimum atomic E-state index is -1.16. The zero-order valence-corrected chi connectivity index (χ0v) is 18.3. The zero-order chi connectivity index (χ0) is 21.6. The SMILES string of the molecule is COC(=O)C(OC(=O)c1ccc(C#CC2(O)CCCCC2)cc1)c1ccc(Br)cc1. The highest BCUT2D eigenvalue weighted by molar-refractivity contribution is 9.10. The van der Waals surface area contributed by atoms with Crippen molar-refractivity contribution in [3.05, 3.63) is 69.7 Å². The van der Waals surface area contributed by atoms with Gasteiger partial charge in [0, 0.05) is 15.6 Å². The number of aliphatic hydroxyl groups is 1. The molecule has 5 nitrogen and oxygen atoms in total. The Hall–Kier alpha value is -2.62. The van der Waals surface area contributed by atoms with Crippen LogP contribution in [0.2, 0.25) is 0 Å². The molecule has 2 aromatic rings. The first-order valence-corrected chi connectivity index (χ1v) is 10.6. The van der Waals surface area contributed by atoms with Gasteiger partial charge in [0.05, 0.1) is 12.7 Å². The Morgan fingerprint density at radius 1 is 1.03 bits per heavy atom. The van der Waals surface area contributed by atoms with Crippen molar-refractivity contribution in [3.63, 3.8) is 0 Å². The Morgan fingerprint density at radius 2 is 1.67 bits per heavy atom. The van der Waals surface area contributed by atoms with Crippen molar-refractivity contribution in [2.75, 3.05) is 7.11 Å². The number of hydrogen-bond acceptors (Lipinski definition) is 5. The summed E-state index contributed by atoms with van der Waals surface area (Å²) < 4.78 is 11.0. The molecule has 1 fully saturated rings. The number of carbonyl (C=O) groups excluding carboxylic acids is 2. The molecule has 1 aliphatic rings. The molecule has 0 radical (unpaired) electrons. The van der Waals surface area contributed by atoms with Gasteiger partial charge in [-0.15, -0.1) is 0 Å². The highest BCUT2D eigenvalue weighted by atomic mass is 79.9. The second-order valence-electron chi connectivity index (χ2n) is 7.28. The molecule has 1 unspecified atom stereocenters. The van der Waals surface area contributed by atoms with Gasteiger partial charge in [0.2, 0.25) is 6.10 Å². The van der Waals surface area contributed by atoms with Gasteiger partial charge in [-0.2, -0.15) is 0 Å². The average molecular weight is 471 g/mol. The van der Waals surface area contributed by atoms with Gasteiger partial charge >= 0.3 is 11.9 Å². The number of ether oxygens (including phenoxy) is 2. The summed E-state index contributed by atoms with van der Waals surface area (Å²) in [4.78, 5) is 24.7. The zero-order valence-electron chi connectivity index (χ0n) is 16.7. The fourth-order valence-corrected chi connectivity index (χ4v) is 3.58. The molecule has 0 aromatic heterocycles. The molecule has 1 N–H and O–H groups in total. The van der Waals surface area contributed by atoms with E-state index < -0.39 is 23.6 Å². The lowest BCUT2D eigenvalue weighted by atomic mass is 9.85. The quantitative estimate of drug-likeness (QED) is 0.523. The molecule has 30 heavy (non-hydrogen) atoms. The lowest BCUT2D eigenvalue weighted by molar-refractivity contribution is -0.151. The van der Waals surface area contributed by atoms with E-state index >= 15 is 0 Å². The smallest absolute Gasteiger partial charge is 0.351 e. The summed E-state index contributed by atoms with van der Waals surface area (Å²) in [6.45, 7) is 0. The molecule has 0 spiro atoms. The van der Waals surface area contributed by atoms with E-state index in [2.05, 4.69) is 27.8 Å². The van der Waals surface area contributed by atoms with Crippen LogP contribution >= 0.6 is 15.9 Å². The van der Waals surface area contributed by atoms with E-state index in [-0.39, 0.29) is 0 Å². The summed E-state index contributed by atoms with van der Waals surface area (Å²) >= 11 is 3.33. The predicted molar refractivity (Wildman–Crippen MR) is 116 cm³/mol. The van der Waals surface area contributed by atoms with Crippen LogP contribution < -0.4 is 0 Å². The average Bonchev–Trinajstić information content (AvgIpc) is 2.77. The van der Waals surface area contributed by atoms with Crippen molar-refractivity contribution < 1.29 is 24.2 Å². The van der Waals surface area contributed by atoms with Gasteiger partial charge in [-0.25, -0.2) is 9.59 Å². The van der Waals surface area contributed by atoms with Crippen molar-refractivity contribution >= 4 is 27.9 Å². The maximum atomic E-state index is 12.6. The van der Waals surface area contributed by atoms with Crippen molar-refractivity contribution in [2.24, 2.45) is 0 Å². The first-order chi connectivity index (χ1) is 14.4. The van der Waals surface area contributed by atoms with Crippen LogP contribution in [0.25, 0.3) is 0 Å². The van der Waals surface area contributed by atoms with E-state index in [1.807, 2.05) is 0 Å². The van der Waals surface area contributed by atoms with Crippen LogP contribution in [0.1, 0.15) is 59.7 Å². The number of methoxy groups -OCH3 is 1. The molecule has 0 saturated heterocycles. The van der Waals surface area contributed by atoms with Crippen LogP contribution in [0.3, 0.4) is 0 Å². The van der Waals surface area contributed by atoms with Crippen LogP contribution in [0.4, 0.5) is 0 Å². The van der Waals surface area contributed by atoms with Gasteiger partial charge in [-0.05, 0) is 62.1 Å². The van der Waals surface area contributed by atoms with Gasteiger partial charge in [-0.1, -0.05) is 46.3 Å². The van der Waals surface area contributed by atoms with Crippen molar-refractivity contribution in [1.82, 2.24) is 0 Å². The summed E-state index contributed by atoms with van der Waals surface area (Å²) in [5, 5.41) is 10.5. The number of carbonyl (C=O) groups is 2. The summed E-state index contributed by atoms with van der Waals surface area (Å²) in [6, 6.07) is 13.5. The van der Waals surface area contributed by atoms with Crippen molar-refractivity contribution in [2.45, 2.75) is 43.8 Å². The van der Waals surface area contributed by atoms with Gasteiger partial charge in [0.15, 0.2) is 0 Å². The fraction of sp³-hybridized carbons (Fsp3) is 0.333. The lowest BCUT2D eigenvalue weighted by Gasteiger charge is -2.26. The number of hydrogen-bond donors (Lipinski definition) is 1. The normalized spacial score (nSPS) is 16.0. The highest BCUT2D eigenvalue weighted by Gasteiger charge is 2.27. The van der Waals surface area contributed by atoms with Crippen LogP contribution in [0.15, 0.2) is 53.0 Å². The monoisotopic (exact) mass is 470 g/mol. The molecule has 1 atom stereocenters. The topological polar surface area (TPSA) is 72.8 Å². The second kappa shape index (κ2) is 9.92. The molecular formula is C24H23BrO5. The molecule has 2 aromatic carbocycles. The molecule has 6 heteroatoms. The third-order valence-corrected chi connectivity index (χ3v) is 5.58. The Morgan fingerprint density at radius 3 is 2.27 bits per heavy atom. The molecule has 0 aliphatic heterocycles. The van der Waals surface area contributed by atoms with Gasteiger partial charge < -0.3 is 14.6 Å². The molecular weight excluding hydrogens is 448 g/mol. The first-order valence-electron chi connectivity index (χ1n) is 9.80. The predicted octanol–water partition coefficient (Wildman–Crippen LogP) is 4.57. The molecule has 3 rings (SSSR count). The van der Waals surface area contributed by atoms with Gasteiger partial charge in [0.1, 0.15) is 5.60 Å². The minimum absolute atomic E-state index is 0.294. The Labute approximate surface area is 184 Å². The maximum Gasteiger partial charge on any atom is 0.351 e. The standard InChI is InChI=1S/C24H23BrO5/c1-29-23(27)21(18-9-11-20(25)12-10-18)30-22(26)19-7-5-17(6-8-19)13-16-24(28)14-3-2-4-15-24/h5-12,21,28H,2-4,14-15H2,1H3. The van der Waals surface area contributed by atoms with Crippen LogP contribution in [0, 0.1) is 11.8 Å². The van der Waals surface area contributed by atoms with Crippen LogP contribution in [-0.2, 0) is 14.3 Å². The highest BCUT2D eigenvalue weighted by Crippen LogP contribution is 2.27. The Bertz CT molecular complexity index is 948. The van der Waals surface area contributed by atoms with Gasteiger partial charge in [0.25, 0.3) is 0 Å². The van der Waals surface area contributed by atoms with E-state index in [0.717, 1.165) is 23.7 Å². The second-order valence-corrected chi connectivity index (χ2v) is 8.20. The van der Waals surface area contributed by atoms with E-state index in [1.165, 1.54) is 7.11 Å². The number of halogens is 1. The van der Waals surface area contributed by atoms with Crippen LogP contribution in [0.5, 0.6) is 0 Å². The number of benzene rings is 2. The molecule has 1 saturated carbocycles. The molecule has 0 bridgehead atoms. The summed E-state index contributed by atoms with van der Waals surface area (Å²) in [6.07, 6.45) is 3.32. The third-order valence-electron chi connectivity index (χ3n) is 5.05. The van der Waals surface area contributed by atoms with Crippen molar-refractivity contribution in [1.29, 1.82) is 0 Å². The summed E-state index contributed by atoms with van der Waals surface area (Å²) in [5.41, 5.74) is 0.585. The Kier molecular flexibility index (Phi) is 7.30. The van der Waals surface area contributed by atoms with Gasteiger partial charge in [-0.3, -0.25) is 0 Å².